The number of rotatable bonds is 7. The number of carbonyl (C=O) groups is 2. The number of non-ortho nitro benzene ring substituents is 1. The SMILES string of the molecule is COC(=O)c1cc(C(=O)Nc2nnc(SCc3c(Cl)cccc3Cl)s2)cc([N+](=O)[O-])c1. The minimum atomic E-state index is -0.800. The van der Waals surface area contributed by atoms with Crippen LogP contribution in [0, 0.1) is 10.1 Å². The molecule has 0 aliphatic carbocycles. The van der Waals surface area contributed by atoms with Crippen molar-refractivity contribution in [1.29, 1.82) is 0 Å². The Morgan fingerprint density at radius 2 is 1.87 bits per heavy atom. The Kier molecular flexibility index (Phi) is 7.44. The number of thioether (sulfide) groups is 1. The zero-order valence-corrected chi connectivity index (χ0v) is 18.8. The molecule has 31 heavy (non-hydrogen) atoms. The molecule has 0 saturated heterocycles. The molecule has 0 aliphatic heterocycles. The molecule has 1 heterocycles. The van der Waals surface area contributed by atoms with Crippen LogP contribution < -0.4 is 5.32 Å². The number of esters is 1. The molecule has 0 fully saturated rings. The molecule has 0 radical (unpaired) electrons. The Morgan fingerprint density at radius 3 is 2.52 bits per heavy atom. The first kappa shape index (κ1) is 22.9. The zero-order valence-electron chi connectivity index (χ0n) is 15.6. The third kappa shape index (κ3) is 5.70. The average Bonchev–Trinajstić information content (AvgIpc) is 3.19. The van der Waals surface area contributed by atoms with E-state index in [2.05, 4.69) is 20.3 Å². The van der Waals surface area contributed by atoms with E-state index in [1.54, 1.807) is 18.2 Å². The van der Waals surface area contributed by atoms with Crippen molar-refractivity contribution in [2.45, 2.75) is 10.1 Å². The molecule has 1 aromatic heterocycles. The quantitative estimate of drug-likeness (QED) is 0.157. The van der Waals surface area contributed by atoms with Gasteiger partial charge in [0.25, 0.3) is 11.6 Å². The molecule has 2 aromatic carbocycles. The lowest BCUT2D eigenvalue weighted by Gasteiger charge is -2.05. The van der Waals surface area contributed by atoms with Crippen molar-refractivity contribution in [2.75, 3.05) is 12.4 Å². The van der Waals surface area contributed by atoms with Gasteiger partial charge in [0.1, 0.15) is 0 Å². The summed E-state index contributed by atoms with van der Waals surface area (Å²) in [5.74, 6) is -1.03. The van der Waals surface area contributed by atoms with E-state index in [1.807, 2.05) is 0 Å². The van der Waals surface area contributed by atoms with Crippen molar-refractivity contribution in [3.63, 3.8) is 0 Å². The Morgan fingerprint density at radius 1 is 1.19 bits per heavy atom. The van der Waals surface area contributed by atoms with Gasteiger partial charge in [0, 0.05) is 33.5 Å². The second kappa shape index (κ2) is 10.1. The first-order chi connectivity index (χ1) is 14.8. The summed E-state index contributed by atoms with van der Waals surface area (Å²) in [4.78, 5) is 34.7. The Balaban J connectivity index is 1.73. The predicted molar refractivity (Wildman–Crippen MR) is 118 cm³/mol. The smallest absolute Gasteiger partial charge is 0.338 e. The van der Waals surface area contributed by atoms with Crippen LogP contribution in [-0.4, -0.2) is 34.1 Å². The maximum atomic E-state index is 12.5. The molecular weight excluding hydrogens is 487 g/mol. The topological polar surface area (TPSA) is 124 Å². The fraction of sp³-hybridized carbons (Fsp3) is 0.111. The molecule has 1 amide bonds. The number of methoxy groups -OCH3 is 1. The Labute approximate surface area is 193 Å². The second-order valence-electron chi connectivity index (χ2n) is 5.83. The van der Waals surface area contributed by atoms with E-state index in [4.69, 9.17) is 23.2 Å². The highest BCUT2D eigenvalue weighted by Crippen LogP contribution is 2.33. The lowest BCUT2D eigenvalue weighted by Crippen LogP contribution is -2.14. The van der Waals surface area contributed by atoms with E-state index < -0.39 is 22.5 Å². The summed E-state index contributed by atoms with van der Waals surface area (Å²) in [6.07, 6.45) is 0. The molecule has 0 bridgehead atoms. The number of nitro groups is 1. The van der Waals surface area contributed by atoms with E-state index in [0.717, 1.165) is 36.1 Å². The monoisotopic (exact) mass is 498 g/mol. The van der Waals surface area contributed by atoms with Crippen LogP contribution in [0.5, 0.6) is 0 Å². The second-order valence-corrected chi connectivity index (χ2v) is 8.85. The molecule has 160 valence electrons. The fourth-order valence-corrected chi connectivity index (χ4v) is 4.86. The Bertz CT molecular complexity index is 1150. The predicted octanol–water partition coefficient (Wildman–Crippen LogP) is 5.08. The molecule has 3 aromatic rings. The van der Waals surface area contributed by atoms with Gasteiger partial charge in [-0.1, -0.05) is 52.4 Å². The number of anilines is 1. The lowest BCUT2D eigenvalue weighted by molar-refractivity contribution is -0.384. The molecule has 3 rings (SSSR count). The highest BCUT2D eigenvalue weighted by Gasteiger charge is 2.19. The van der Waals surface area contributed by atoms with Crippen molar-refractivity contribution in [2.24, 2.45) is 0 Å². The van der Waals surface area contributed by atoms with Gasteiger partial charge in [-0.05, 0) is 23.8 Å². The van der Waals surface area contributed by atoms with Crippen LogP contribution in [0.4, 0.5) is 10.8 Å². The minimum absolute atomic E-state index is 0.0955. The number of hydrogen-bond acceptors (Lipinski definition) is 9. The normalized spacial score (nSPS) is 10.5. The number of amides is 1. The zero-order chi connectivity index (χ0) is 22.5. The van der Waals surface area contributed by atoms with Crippen LogP contribution in [-0.2, 0) is 10.5 Å². The largest absolute Gasteiger partial charge is 0.465 e. The van der Waals surface area contributed by atoms with Gasteiger partial charge in [-0.15, -0.1) is 10.2 Å². The molecule has 0 spiro atoms. The summed E-state index contributed by atoms with van der Waals surface area (Å²) in [5, 5.41) is 22.8. The van der Waals surface area contributed by atoms with Crippen LogP contribution in [0.25, 0.3) is 0 Å². The molecular formula is C18H12Cl2N4O5S2. The number of aromatic nitrogens is 2. The molecule has 9 nitrogen and oxygen atoms in total. The number of nitrogens with one attached hydrogen (secondary N) is 1. The van der Waals surface area contributed by atoms with E-state index in [-0.39, 0.29) is 16.3 Å². The molecule has 0 saturated carbocycles. The van der Waals surface area contributed by atoms with E-state index in [9.17, 15) is 19.7 Å². The van der Waals surface area contributed by atoms with Gasteiger partial charge in [0.05, 0.1) is 17.6 Å². The van der Waals surface area contributed by atoms with Gasteiger partial charge in [-0.2, -0.15) is 0 Å². The first-order valence-electron chi connectivity index (χ1n) is 8.37. The van der Waals surface area contributed by atoms with Crippen LogP contribution in [0.2, 0.25) is 10.0 Å². The third-order valence-corrected chi connectivity index (χ3v) is 6.55. The van der Waals surface area contributed by atoms with Gasteiger partial charge in [-0.3, -0.25) is 20.2 Å². The summed E-state index contributed by atoms with van der Waals surface area (Å²) in [6, 6.07) is 8.49. The summed E-state index contributed by atoms with van der Waals surface area (Å²) in [7, 11) is 1.14. The van der Waals surface area contributed by atoms with Gasteiger partial charge in [0.2, 0.25) is 5.13 Å². The van der Waals surface area contributed by atoms with Crippen LogP contribution >= 0.6 is 46.3 Å². The minimum Gasteiger partial charge on any atom is -0.465 e. The standard InChI is InChI=1S/C18H12Cl2N4O5S2/c1-29-16(26)10-5-9(6-11(7-10)24(27)28)15(25)21-17-22-23-18(31-17)30-8-12-13(19)3-2-4-14(12)20/h2-7H,8H2,1H3,(H,21,22,25). The van der Waals surface area contributed by atoms with Crippen LogP contribution in [0.3, 0.4) is 0 Å². The van der Waals surface area contributed by atoms with Crippen molar-refractivity contribution in [3.8, 4) is 0 Å². The summed E-state index contributed by atoms with van der Waals surface area (Å²) in [6.45, 7) is 0. The summed E-state index contributed by atoms with van der Waals surface area (Å²) in [5.41, 5.74) is 0.121. The summed E-state index contributed by atoms with van der Waals surface area (Å²) < 4.78 is 5.13. The number of nitro benzene ring substituents is 1. The maximum absolute atomic E-state index is 12.5. The van der Waals surface area contributed by atoms with Crippen molar-refractivity contribution >= 4 is 69.0 Å². The van der Waals surface area contributed by atoms with Crippen molar-refractivity contribution in [1.82, 2.24) is 10.2 Å². The fourth-order valence-electron chi connectivity index (χ4n) is 2.38. The van der Waals surface area contributed by atoms with E-state index in [1.165, 1.54) is 17.8 Å². The number of ether oxygens (including phenoxy) is 1. The maximum Gasteiger partial charge on any atom is 0.338 e. The van der Waals surface area contributed by atoms with Gasteiger partial charge in [0.15, 0.2) is 4.34 Å². The number of hydrogen-bond donors (Lipinski definition) is 1. The van der Waals surface area contributed by atoms with Crippen LogP contribution in [0.1, 0.15) is 26.3 Å². The molecule has 0 atom stereocenters. The molecule has 13 heteroatoms. The number of halogens is 2. The van der Waals surface area contributed by atoms with Gasteiger partial charge in [-0.25, -0.2) is 4.79 Å². The van der Waals surface area contributed by atoms with Gasteiger partial charge >= 0.3 is 5.97 Å². The average molecular weight is 499 g/mol. The first-order valence-corrected chi connectivity index (χ1v) is 10.9. The highest BCUT2D eigenvalue weighted by atomic mass is 35.5. The number of carbonyl (C=O) groups excluding carboxylic acids is 2. The third-order valence-electron chi connectivity index (χ3n) is 3.84. The van der Waals surface area contributed by atoms with E-state index >= 15 is 0 Å². The summed E-state index contributed by atoms with van der Waals surface area (Å²) >= 11 is 14.7. The Hall–Kier alpha value is -2.73. The number of nitrogens with zero attached hydrogens (tertiary/aromatic N) is 3. The van der Waals surface area contributed by atoms with E-state index in [0.29, 0.717) is 20.1 Å². The molecule has 0 aliphatic rings. The lowest BCUT2D eigenvalue weighted by atomic mass is 10.1. The number of benzene rings is 2. The highest BCUT2D eigenvalue weighted by molar-refractivity contribution is 8.00. The van der Waals surface area contributed by atoms with Crippen molar-refractivity contribution in [3.05, 3.63) is 73.2 Å². The molecule has 1 N–H and O–H groups in total. The van der Waals surface area contributed by atoms with Crippen molar-refractivity contribution < 1.29 is 19.2 Å². The van der Waals surface area contributed by atoms with Gasteiger partial charge < -0.3 is 4.74 Å². The van der Waals surface area contributed by atoms with Crippen LogP contribution in [0.15, 0.2) is 40.7 Å². The molecule has 0 unspecified atom stereocenters.